The van der Waals surface area contributed by atoms with E-state index in [1.807, 2.05) is 0 Å². The van der Waals surface area contributed by atoms with Crippen LogP contribution in [0.1, 0.15) is 21.5 Å². The molecular formula is C19H16N2O5. The van der Waals surface area contributed by atoms with Gasteiger partial charge in [0.05, 0.1) is 5.56 Å². The van der Waals surface area contributed by atoms with Gasteiger partial charge in [-0.2, -0.15) is 0 Å². The third kappa shape index (κ3) is 3.56. The van der Waals surface area contributed by atoms with E-state index in [2.05, 4.69) is 5.32 Å². The Morgan fingerprint density at radius 1 is 1.15 bits per heavy atom. The Hall–Kier alpha value is -3.61. The van der Waals surface area contributed by atoms with E-state index in [4.69, 9.17) is 9.84 Å². The van der Waals surface area contributed by atoms with Crippen molar-refractivity contribution in [1.82, 2.24) is 10.2 Å². The lowest BCUT2D eigenvalue weighted by molar-refractivity contribution is -0.121. The second-order valence-corrected chi connectivity index (χ2v) is 5.68. The first-order chi connectivity index (χ1) is 12.5. The number of para-hydroxylation sites is 1. The first kappa shape index (κ1) is 17.2. The highest BCUT2D eigenvalue weighted by Crippen LogP contribution is 2.23. The minimum absolute atomic E-state index is 0.180. The number of amides is 3. The molecule has 1 aliphatic rings. The first-order valence-electron chi connectivity index (χ1n) is 7.80. The second kappa shape index (κ2) is 7.10. The SMILES string of the molecule is CN1C(=O)NC(=Cc2ccccc2OCc2ccc(C(=O)O)cc2)C1=O. The van der Waals surface area contributed by atoms with E-state index in [1.54, 1.807) is 42.5 Å². The number of nitrogens with zero attached hydrogens (tertiary/aromatic N) is 1. The van der Waals surface area contributed by atoms with E-state index in [-0.39, 0.29) is 17.9 Å². The zero-order chi connectivity index (χ0) is 18.7. The minimum Gasteiger partial charge on any atom is -0.488 e. The van der Waals surface area contributed by atoms with Crippen molar-refractivity contribution in [2.75, 3.05) is 7.05 Å². The van der Waals surface area contributed by atoms with Crippen LogP contribution in [0.2, 0.25) is 0 Å². The molecule has 132 valence electrons. The van der Waals surface area contributed by atoms with E-state index in [0.717, 1.165) is 10.5 Å². The van der Waals surface area contributed by atoms with Gasteiger partial charge in [0.2, 0.25) is 0 Å². The maximum absolute atomic E-state index is 12.0. The smallest absolute Gasteiger partial charge is 0.335 e. The molecule has 0 radical (unpaired) electrons. The number of carbonyl (C=O) groups excluding carboxylic acids is 2. The molecule has 3 rings (SSSR count). The average molecular weight is 352 g/mol. The van der Waals surface area contributed by atoms with E-state index in [0.29, 0.717) is 11.3 Å². The van der Waals surface area contributed by atoms with E-state index >= 15 is 0 Å². The minimum atomic E-state index is -0.984. The number of carbonyl (C=O) groups is 3. The number of likely N-dealkylation sites (N-methyl/N-ethyl adjacent to an activating group) is 1. The van der Waals surface area contributed by atoms with Crippen molar-refractivity contribution in [2.45, 2.75) is 6.61 Å². The van der Waals surface area contributed by atoms with Crippen LogP contribution in [-0.2, 0) is 11.4 Å². The Kier molecular flexibility index (Phi) is 4.70. The molecule has 2 N–H and O–H groups in total. The summed E-state index contributed by atoms with van der Waals surface area (Å²) in [4.78, 5) is 35.4. The molecule has 26 heavy (non-hydrogen) atoms. The van der Waals surface area contributed by atoms with Crippen LogP contribution in [0.25, 0.3) is 6.08 Å². The van der Waals surface area contributed by atoms with Gasteiger partial charge in [-0.1, -0.05) is 30.3 Å². The zero-order valence-corrected chi connectivity index (χ0v) is 13.9. The number of nitrogens with one attached hydrogen (secondary N) is 1. The lowest BCUT2D eigenvalue weighted by Crippen LogP contribution is -2.25. The number of ether oxygens (including phenoxy) is 1. The average Bonchev–Trinajstić information content (AvgIpc) is 2.88. The Morgan fingerprint density at radius 3 is 2.46 bits per heavy atom. The lowest BCUT2D eigenvalue weighted by atomic mass is 10.1. The molecule has 0 saturated carbocycles. The van der Waals surface area contributed by atoms with E-state index < -0.39 is 17.9 Å². The van der Waals surface area contributed by atoms with Crippen molar-refractivity contribution in [3.8, 4) is 5.75 Å². The van der Waals surface area contributed by atoms with Crippen molar-refractivity contribution in [2.24, 2.45) is 0 Å². The molecule has 0 atom stereocenters. The fourth-order valence-corrected chi connectivity index (χ4v) is 2.41. The van der Waals surface area contributed by atoms with Crippen LogP contribution in [0.3, 0.4) is 0 Å². The van der Waals surface area contributed by atoms with Gasteiger partial charge in [0, 0.05) is 12.6 Å². The third-order valence-corrected chi connectivity index (χ3v) is 3.90. The number of aromatic carboxylic acids is 1. The van der Waals surface area contributed by atoms with Crippen LogP contribution in [0, 0.1) is 0 Å². The summed E-state index contributed by atoms with van der Waals surface area (Å²) in [5, 5.41) is 11.4. The number of rotatable bonds is 5. The Morgan fingerprint density at radius 2 is 1.85 bits per heavy atom. The van der Waals surface area contributed by atoms with Crippen molar-refractivity contribution >= 4 is 24.0 Å². The number of imide groups is 1. The lowest BCUT2D eigenvalue weighted by Gasteiger charge is -2.10. The van der Waals surface area contributed by atoms with E-state index in [1.165, 1.54) is 19.2 Å². The molecule has 0 aromatic heterocycles. The number of hydrogen-bond donors (Lipinski definition) is 2. The number of benzene rings is 2. The van der Waals surface area contributed by atoms with Crippen LogP contribution in [0.5, 0.6) is 5.75 Å². The molecule has 1 fully saturated rings. The predicted molar refractivity (Wildman–Crippen MR) is 93.5 cm³/mol. The van der Waals surface area contributed by atoms with Crippen LogP contribution in [0.4, 0.5) is 4.79 Å². The maximum atomic E-state index is 12.0. The van der Waals surface area contributed by atoms with E-state index in [9.17, 15) is 14.4 Å². The zero-order valence-electron chi connectivity index (χ0n) is 13.9. The Balaban J connectivity index is 1.76. The molecule has 2 aromatic rings. The Bertz CT molecular complexity index is 902. The van der Waals surface area contributed by atoms with Crippen molar-refractivity contribution < 1.29 is 24.2 Å². The molecule has 7 nitrogen and oxygen atoms in total. The summed E-state index contributed by atoms with van der Waals surface area (Å²) in [6.45, 7) is 0.236. The highest BCUT2D eigenvalue weighted by molar-refractivity contribution is 6.13. The van der Waals surface area contributed by atoms with Gasteiger partial charge in [-0.15, -0.1) is 0 Å². The summed E-state index contributed by atoms with van der Waals surface area (Å²) >= 11 is 0. The van der Waals surface area contributed by atoms with Crippen molar-refractivity contribution in [3.05, 3.63) is 70.9 Å². The number of carboxylic acid groups (broad SMARTS) is 1. The predicted octanol–water partition coefficient (Wildman–Crippen LogP) is 2.49. The summed E-state index contributed by atoms with van der Waals surface area (Å²) in [5.74, 6) is -0.851. The summed E-state index contributed by atoms with van der Waals surface area (Å²) in [7, 11) is 1.40. The van der Waals surface area contributed by atoms with Crippen LogP contribution < -0.4 is 10.1 Å². The molecular weight excluding hydrogens is 336 g/mol. The first-order valence-corrected chi connectivity index (χ1v) is 7.80. The van der Waals surface area contributed by atoms with Gasteiger partial charge in [-0.05, 0) is 29.8 Å². The number of carboxylic acids is 1. The van der Waals surface area contributed by atoms with Gasteiger partial charge in [0.1, 0.15) is 18.1 Å². The van der Waals surface area contributed by atoms with Crippen LogP contribution >= 0.6 is 0 Å². The molecule has 1 aliphatic heterocycles. The monoisotopic (exact) mass is 352 g/mol. The van der Waals surface area contributed by atoms with Crippen LogP contribution in [0.15, 0.2) is 54.2 Å². The topological polar surface area (TPSA) is 95.9 Å². The summed E-state index contributed by atoms with van der Waals surface area (Å²) < 4.78 is 5.79. The van der Waals surface area contributed by atoms with Crippen molar-refractivity contribution in [1.29, 1.82) is 0 Å². The summed E-state index contributed by atoms with van der Waals surface area (Å²) in [6.07, 6.45) is 1.56. The molecule has 3 amide bonds. The highest BCUT2D eigenvalue weighted by atomic mass is 16.5. The molecule has 0 unspecified atom stereocenters. The molecule has 0 aliphatic carbocycles. The van der Waals surface area contributed by atoms with Crippen LogP contribution in [-0.4, -0.2) is 35.0 Å². The number of urea groups is 1. The largest absolute Gasteiger partial charge is 0.488 e. The van der Waals surface area contributed by atoms with Crippen molar-refractivity contribution in [3.63, 3.8) is 0 Å². The normalized spacial score (nSPS) is 15.3. The number of hydrogen-bond acceptors (Lipinski definition) is 4. The molecule has 0 bridgehead atoms. The van der Waals surface area contributed by atoms with Gasteiger partial charge in [-0.3, -0.25) is 9.69 Å². The fourth-order valence-electron chi connectivity index (χ4n) is 2.41. The van der Waals surface area contributed by atoms with Gasteiger partial charge in [0.15, 0.2) is 0 Å². The quantitative estimate of drug-likeness (QED) is 0.637. The molecule has 7 heteroatoms. The van der Waals surface area contributed by atoms with Gasteiger partial charge >= 0.3 is 12.0 Å². The Labute approximate surface area is 149 Å². The summed E-state index contributed by atoms with van der Waals surface area (Å²) in [5.41, 5.74) is 1.84. The second-order valence-electron chi connectivity index (χ2n) is 5.68. The molecule has 1 saturated heterocycles. The summed E-state index contributed by atoms with van der Waals surface area (Å²) in [6, 6.07) is 13.0. The highest BCUT2D eigenvalue weighted by Gasteiger charge is 2.30. The third-order valence-electron chi connectivity index (χ3n) is 3.90. The molecule has 1 heterocycles. The molecule has 2 aromatic carbocycles. The van der Waals surface area contributed by atoms with Gasteiger partial charge in [-0.25, -0.2) is 9.59 Å². The standard InChI is InChI=1S/C19H16N2O5/c1-21-17(22)15(20-19(21)25)10-14-4-2-3-5-16(14)26-11-12-6-8-13(9-7-12)18(23)24/h2-10H,11H2,1H3,(H,20,25)(H,23,24). The fraction of sp³-hybridized carbons (Fsp3) is 0.105. The van der Waals surface area contributed by atoms with Gasteiger partial charge < -0.3 is 15.2 Å². The van der Waals surface area contributed by atoms with Gasteiger partial charge in [0.25, 0.3) is 5.91 Å². The maximum Gasteiger partial charge on any atom is 0.335 e. The molecule has 0 spiro atoms.